The lowest BCUT2D eigenvalue weighted by molar-refractivity contribution is -0.00334. The van der Waals surface area contributed by atoms with Crippen molar-refractivity contribution in [2.24, 2.45) is 0 Å². The molecule has 1 aromatic rings. The second-order valence-corrected chi connectivity index (χ2v) is 5.25. The Bertz CT molecular complexity index is 344. The van der Waals surface area contributed by atoms with E-state index in [0.29, 0.717) is 5.88 Å². The molecule has 1 aliphatic heterocycles. The number of halogens is 1. The van der Waals surface area contributed by atoms with Gasteiger partial charge in [0.1, 0.15) is 0 Å². The molecule has 2 atom stereocenters. The summed E-state index contributed by atoms with van der Waals surface area (Å²) >= 11 is 7.57. The van der Waals surface area contributed by atoms with Gasteiger partial charge < -0.3 is 9.64 Å². The minimum absolute atomic E-state index is 0.124. The second kappa shape index (κ2) is 5.34. The lowest BCUT2D eigenvalue weighted by Crippen LogP contribution is -2.47. The van der Waals surface area contributed by atoms with Crippen molar-refractivity contribution in [1.29, 1.82) is 0 Å². The maximum absolute atomic E-state index is 5.86. The Kier molecular flexibility index (Phi) is 4.05. The van der Waals surface area contributed by atoms with Gasteiger partial charge in [-0.3, -0.25) is 0 Å². The quantitative estimate of drug-likeness (QED) is 0.781. The molecular formula is C11H17ClN2OS. The second-order valence-electron chi connectivity index (χ2n) is 4.10. The first kappa shape index (κ1) is 12.1. The molecule has 16 heavy (non-hydrogen) atoms. The fourth-order valence-corrected chi connectivity index (χ4v) is 2.99. The van der Waals surface area contributed by atoms with Crippen molar-refractivity contribution in [2.45, 2.75) is 32.5 Å². The highest BCUT2D eigenvalue weighted by atomic mass is 35.5. The number of aryl methyl sites for hydroxylation is 1. The molecule has 0 aromatic carbocycles. The van der Waals surface area contributed by atoms with Crippen LogP contribution in [0.1, 0.15) is 19.5 Å². The summed E-state index contributed by atoms with van der Waals surface area (Å²) in [5.74, 6) is 0.548. The van der Waals surface area contributed by atoms with Crippen LogP contribution in [0.4, 0.5) is 5.13 Å². The number of morpholine rings is 1. The number of hydrogen-bond acceptors (Lipinski definition) is 4. The SMILES string of the molecule is CCc1csc(N2CC(C)OC(CCl)C2)n1. The smallest absolute Gasteiger partial charge is 0.185 e. The summed E-state index contributed by atoms with van der Waals surface area (Å²) in [7, 11) is 0. The zero-order valence-electron chi connectivity index (χ0n) is 9.65. The first-order chi connectivity index (χ1) is 7.72. The Balaban J connectivity index is 2.07. The van der Waals surface area contributed by atoms with Crippen LogP contribution in [-0.2, 0) is 11.2 Å². The lowest BCUT2D eigenvalue weighted by Gasteiger charge is -2.35. The van der Waals surface area contributed by atoms with Crippen molar-refractivity contribution in [3.05, 3.63) is 11.1 Å². The van der Waals surface area contributed by atoms with Crippen molar-refractivity contribution in [2.75, 3.05) is 23.9 Å². The van der Waals surface area contributed by atoms with Crippen molar-refractivity contribution in [1.82, 2.24) is 4.98 Å². The molecule has 1 saturated heterocycles. The van der Waals surface area contributed by atoms with Crippen LogP contribution in [0.5, 0.6) is 0 Å². The van der Waals surface area contributed by atoms with E-state index in [1.807, 2.05) is 0 Å². The largest absolute Gasteiger partial charge is 0.370 e. The molecule has 0 bridgehead atoms. The van der Waals surface area contributed by atoms with E-state index < -0.39 is 0 Å². The van der Waals surface area contributed by atoms with Crippen molar-refractivity contribution < 1.29 is 4.74 Å². The van der Waals surface area contributed by atoms with Crippen molar-refractivity contribution in [3.63, 3.8) is 0 Å². The molecule has 2 unspecified atom stereocenters. The molecule has 5 heteroatoms. The van der Waals surface area contributed by atoms with Gasteiger partial charge in [-0.05, 0) is 13.3 Å². The van der Waals surface area contributed by atoms with Gasteiger partial charge in [-0.15, -0.1) is 22.9 Å². The predicted octanol–water partition coefficient (Wildman–Crippen LogP) is 2.54. The molecule has 2 heterocycles. The molecular weight excluding hydrogens is 244 g/mol. The van der Waals surface area contributed by atoms with Gasteiger partial charge >= 0.3 is 0 Å². The molecule has 0 amide bonds. The van der Waals surface area contributed by atoms with Crippen LogP contribution in [0, 0.1) is 0 Å². The third-order valence-electron chi connectivity index (χ3n) is 2.67. The Morgan fingerprint density at radius 1 is 1.62 bits per heavy atom. The zero-order valence-corrected chi connectivity index (χ0v) is 11.2. The molecule has 0 N–H and O–H groups in total. The zero-order chi connectivity index (χ0) is 11.5. The molecule has 2 rings (SSSR count). The number of nitrogens with zero attached hydrogens (tertiary/aromatic N) is 2. The summed E-state index contributed by atoms with van der Waals surface area (Å²) in [6.07, 6.45) is 1.35. The van der Waals surface area contributed by atoms with Gasteiger partial charge in [0.15, 0.2) is 5.13 Å². The van der Waals surface area contributed by atoms with E-state index in [0.717, 1.165) is 24.6 Å². The highest BCUT2D eigenvalue weighted by Gasteiger charge is 2.26. The average Bonchev–Trinajstić information content (AvgIpc) is 2.76. The molecule has 0 radical (unpaired) electrons. The van der Waals surface area contributed by atoms with E-state index in [2.05, 4.69) is 29.1 Å². The number of thiazole rings is 1. The number of ether oxygens (including phenoxy) is 1. The van der Waals surface area contributed by atoms with Gasteiger partial charge in [0.05, 0.1) is 23.8 Å². The van der Waals surface area contributed by atoms with Crippen LogP contribution in [-0.4, -0.2) is 36.2 Å². The Hall–Kier alpha value is -0.320. The fraction of sp³-hybridized carbons (Fsp3) is 0.727. The number of aromatic nitrogens is 1. The molecule has 0 spiro atoms. The van der Waals surface area contributed by atoms with Crippen molar-refractivity contribution in [3.8, 4) is 0 Å². The van der Waals surface area contributed by atoms with E-state index >= 15 is 0 Å². The summed E-state index contributed by atoms with van der Waals surface area (Å²) in [4.78, 5) is 6.88. The molecule has 1 fully saturated rings. The van der Waals surface area contributed by atoms with Crippen LogP contribution in [0.25, 0.3) is 0 Å². The average molecular weight is 261 g/mol. The van der Waals surface area contributed by atoms with Gasteiger partial charge in [0.25, 0.3) is 0 Å². The minimum Gasteiger partial charge on any atom is -0.370 e. The van der Waals surface area contributed by atoms with E-state index in [1.165, 1.54) is 5.69 Å². The van der Waals surface area contributed by atoms with Crippen LogP contribution < -0.4 is 4.90 Å². The van der Waals surface area contributed by atoms with Crippen molar-refractivity contribution >= 4 is 28.1 Å². The number of anilines is 1. The fourth-order valence-electron chi connectivity index (χ4n) is 1.89. The summed E-state index contributed by atoms with van der Waals surface area (Å²) < 4.78 is 5.72. The first-order valence-electron chi connectivity index (χ1n) is 5.63. The summed E-state index contributed by atoms with van der Waals surface area (Å²) in [6.45, 7) is 5.97. The van der Waals surface area contributed by atoms with Gasteiger partial charge in [-0.1, -0.05) is 6.92 Å². The number of alkyl halides is 1. The van der Waals surface area contributed by atoms with Crippen LogP contribution in [0.3, 0.4) is 0 Å². The summed E-state index contributed by atoms with van der Waals surface area (Å²) in [6, 6.07) is 0. The predicted molar refractivity (Wildman–Crippen MR) is 68.8 cm³/mol. The molecule has 90 valence electrons. The van der Waals surface area contributed by atoms with E-state index in [9.17, 15) is 0 Å². The van der Waals surface area contributed by atoms with E-state index in [4.69, 9.17) is 16.3 Å². The van der Waals surface area contributed by atoms with Crippen LogP contribution >= 0.6 is 22.9 Å². The van der Waals surface area contributed by atoms with Crippen LogP contribution in [0.15, 0.2) is 5.38 Å². The molecule has 3 nitrogen and oxygen atoms in total. The molecule has 0 aliphatic carbocycles. The lowest BCUT2D eigenvalue weighted by atomic mass is 10.2. The highest BCUT2D eigenvalue weighted by Crippen LogP contribution is 2.24. The number of hydrogen-bond donors (Lipinski definition) is 0. The van der Waals surface area contributed by atoms with Gasteiger partial charge in [-0.25, -0.2) is 4.98 Å². The topological polar surface area (TPSA) is 25.4 Å². The minimum atomic E-state index is 0.124. The summed E-state index contributed by atoms with van der Waals surface area (Å²) in [5, 5.41) is 3.23. The van der Waals surface area contributed by atoms with E-state index in [1.54, 1.807) is 11.3 Å². The monoisotopic (exact) mass is 260 g/mol. The van der Waals surface area contributed by atoms with E-state index in [-0.39, 0.29) is 12.2 Å². The Morgan fingerprint density at radius 3 is 3.06 bits per heavy atom. The third kappa shape index (κ3) is 2.67. The number of rotatable bonds is 3. The molecule has 1 aromatic heterocycles. The van der Waals surface area contributed by atoms with Gasteiger partial charge in [-0.2, -0.15) is 0 Å². The summed E-state index contributed by atoms with van der Waals surface area (Å²) in [5.41, 5.74) is 1.17. The maximum atomic E-state index is 5.86. The molecule has 1 aliphatic rings. The first-order valence-corrected chi connectivity index (χ1v) is 7.05. The Labute approximate surface area is 105 Å². The normalized spacial score (nSPS) is 26.1. The van der Waals surface area contributed by atoms with Gasteiger partial charge in [0, 0.05) is 18.5 Å². The highest BCUT2D eigenvalue weighted by molar-refractivity contribution is 7.13. The third-order valence-corrected chi connectivity index (χ3v) is 3.97. The molecule has 0 saturated carbocycles. The van der Waals surface area contributed by atoms with Gasteiger partial charge in [0.2, 0.25) is 0 Å². The Morgan fingerprint density at radius 2 is 2.44 bits per heavy atom. The maximum Gasteiger partial charge on any atom is 0.185 e. The van der Waals surface area contributed by atoms with Crippen LogP contribution in [0.2, 0.25) is 0 Å². The standard InChI is InChI=1S/C11H17ClN2OS/c1-3-9-7-16-11(13-9)14-5-8(2)15-10(4-12)6-14/h7-8,10H,3-6H2,1-2H3.